The zero-order valence-electron chi connectivity index (χ0n) is 16.5. The molecular weight excluding hydrogens is 380 g/mol. The van der Waals surface area contributed by atoms with Gasteiger partial charge in [0.15, 0.2) is 5.69 Å². The molecule has 30 heavy (non-hydrogen) atoms. The number of aromatic amines is 1. The number of aryl methyl sites for hydroxylation is 2. The molecule has 0 unspecified atom stereocenters. The predicted octanol–water partition coefficient (Wildman–Crippen LogP) is 5.19. The number of carbonyl (C=O) groups is 2. The van der Waals surface area contributed by atoms with Gasteiger partial charge in [-0.05, 0) is 60.9 Å². The Kier molecular flexibility index (Phi) is 4.93. The molecule has 4 rings (SSSR count). The summed E-state index contributed by atoms with van der Waals surface area (Å²) in [6, 6.07) is 18.3. The number of rotatable bonds is 4. The first-order chi connectivity index (χ1) is 14.4. The van der Waals surface area contributed by atoms with E-state index in [1.807, 2.05) is 68.4 Å². The first kappa shape index (κ1) is 19.2. The van der Waals surface area contributed by atoms with Crippen LogP contribution < -0.4 is 10.6 Å². The van der Waals surface area contributed by atoms with Crippen molar-refractivity contribution in [1.29, 1.82) is 0 Å². The van der Waals surface area contributed by atoms with E-state index in [1.165, 1.54) is 0 Å². The number of hydrogen-bond donors (Lipinski definition) is 4. The maximum absolute atomic E-state index is 12.4. The lowest BCUT2D eigenvalue weighted by atomic mass is 10.0. The lowest BCUT2D eigenvalue weighted by Crippen LogP contribution is -2.20. The van der Waals surface area contributed by atoms with Crippen molar-refractivity contribution in [3.05, 3.63) is 77.5 Å². The van der Waals surface area contributed by atoms with Gasteiger partial charge in [0.25, 0.3) is 0 Å². The zero-order chi connectivity index (χ0) is 21.3. The average Bonchev–Trinajstić information content (AvgIpc) is 3.14. The molecule has 7 nitrogen and oxygen atoms in total. The van der Waals surface area contributed by atoms with E-state index in [9.17, 15) is 14.7 Å². The minimum Gasteiger partial charge on any atom is -0.476 e. The van der Waals surface area contributed by atoms with Crippen LogP contribution in [-0.4, -0.2) is 27.3 Å². The fourth-order valence-electron chi connectivity index (χ4n) is 3.38. The van der Waals surface area contributed by atoms with Crippen molar-refractivity contribution in [2.45, 2.75) is 13.8 Å². The Balaban J connectivity index is 1.54. The Morgan fingerprint density at radius 1 is 0.933 bits per heavy atom. The summed E-state index contributed by atoms with van der Waals surface area (Å²) in [5.41, 5.74) is 5.92. The molecule has 1 heterocycles. The number of hydrogen-bond acceptors (Lipinski definition) is 3. The van der Waals surface area contributed by atoms with Crippen molar-refractivity contribution in [2.24, 2.45) is 0 Å². The second-order valence-electron chi connectivity index (χ2n) is 7.12. The second-order valence-corrected chi connectivity index (χ2v) is 7.12. The minimum atomic E-state index is -1.07. The molecule has 150 valence electrons. The third-order valence-electron chi connectivity index (χ3n) is 4.85. The number of carbonyl (C=O) groups excluding carboxylic acids is 1. The van der Waals surface area contributed by atoms with Crippen molar-refractivity contribution in [2.75, 3.05) is 10.6 Å². The van der Waals surface area contributed by atoms with E-state index in [4.69, 9.17) is 0 Å². The molecule has 7 heteroatoms. The van der Waals surface area contributed by atoms with Gasteiger partial charge in [-0.3, -0.25) is 5.10 Å². The van der Waals surface area contributed by atoms with Gasteiger partial charge in [0.05, 0.1) is 5.52 Å². The SMILES string of the molecule is Cc1ccc(NC(=O)Nc2cccc(-c3ccc4c(C(=O)O)n[nH]c4c3)c2)c(C)c1. The summed E-state index contributed by atoms with van der Waals surface area (Å²) in [7, 11) is 0. The van der Waals surface area contributed by atoms with Gasteiger partial charge in [-0.25, -0.2) is 9.59 Å². The fourth-order valence-corrected chi connectivity index (χ4v) is 3.38. The van der Waals surface area contributed by atoms with E-state index >= 15 is 0 Å². The third kappa shape index (κ3) is 3.86. The smallest absolute Gasteiger partial charge is 0.357 e. The number of H-pyrrole nitrogens is 1. The largest absolute Gasteiger partial charge is 0.476 e. The number of fused-ring (bicyclic) bond motifs is 1. The summed E-state index contributed by atoms with van der Waals surface area (Å²) in [5, 5.41) is 22.1. The second kappa shape index (κ2) is 7.71. The van der Waals surface area contributed by atoms with Crippen LogP contribution in [0.2, 0.25) is 0 Å². The zero-order valence-corrected chi connectivity index (χ0v) is 16.5. The molecule has 0 saturated carbocycles. The molecule has 4 aromatic rings. The van der Waals surface area contributed by atoms with Gasteiger partial charge in [-0.2, -0.15) is 5.10 Å². The average molecular weight is 400 g/mol. The van der Waals surface area contributed by atoms with Crippen LogP contribution in [0.1, 0.15) is 21.6 Å². The summed E-state index contributed by atoms with van der Waals surface area (Å²) in [4.78, 5) is 23.6. The molecular formula is C23H20N4O3. The lowest BCUT2D eigenvalue weighted by molar-refractivity contribution is 0.0692. The number of nitrogens with one attached hydrogen (secondary N) is 3. The van der Waals surface area contributed by atoms with Crippen LogP contribution in [0.4, 0.5) is 16.2 Å². The van der Waals surface area contributed by atoms with Crippen LogP contribution in [0.5, 0.6) is 0 Å². The highest BCUT2D eigenvalue weighted by Crippen LogP contribution is 2.27. The first-order valence-electron chi connectivity index (χ1n) is 9.38. The summed E-state index contributed by atoms with van der Waals surface area (Å²) < 4.78 is 0. The van der Waals surface area contributed by atoms with Crippen LogP contribution in [0, 0.1) is 13.8 Å². The molecule has 2 amide bonds. The van der Waals surface area contributed by atoms with Gasteiger partial charge in [0.1, 0.15) is 0 Å². The van der Waals surface area contributed by atoms with Gasteiger partial charge < -0.3 is 15.7 Å². The highest BCUT2D eigenvalue weighted by Gasteiger charge is 2.13. The van der Waals surface area contributed by atoms with Crippen LogP contribution in [-0.2, 0) is 0 Å². The number of benzene rings is 3. The molecule has 1 aromatic heterocycles. The molecule has 0 saturated heterocycles. The maximum atomic E-state index is 12.4. The van der Waals surface area contributed by atoms with Crippen molar-refractivity contribution in [1.82, 2.24) is 10.2 Å². The molecule has 3 aromatic carbocycles. The molecule has 0 aliphatic heterocycles. The van der Waals surface area contributed by atoms with Gasteiger partial charge in [0, 0.05) is 16.8 Å². The molecule has 0 spiro atoms. The van der Waals surface area contributed by atoms with Gasteiger partial charge in [0.2, 0.25) is 0 Å². The van der Waals surface area contributed by atoms with Crippen LogP contribution in [0.25, 0.3) is 22.0 Å². The molecule has 4 N–H and O–H groups in total. The molecule has 0 radical (unpaired) electrons. The van der Waals surface area contributed by atoms with Gasteiger partial charge in [-0.1, -0.05) is 35.9 Å². The summed E-state index contributed by atoms with van der Waals surface area (Å²) in [6.07, 6.45) is 0. The molecule has 0 bridgehead atoms. The van der Waals surface area contributed by atoms with E-state index in [0.717, 1.165) is 27.9 Å². The summed E-state index contributed by atoms with van der Waals surface area (Å²) in [5.74, 6) is -1.07. The Morgan fingerprint density at radius 3 is 2.50 bits per heavy atom. The number of carboxylic acids is 1. The van der Waals surface area contributed by atoms with E-state index < -0.39 is 5.97 Å². The summed E-state index contributed by atoms with van der Waals surface area (Å²) >= 11 is 0. The van der Waals surface area contributed by atoms with Crippen molar-refractivity contribution in [3.8, 4) is 11.1 Å². The standard InChI is InChI=1S/C23H20N4O3/c1-13-6-9-19(14(2)10-13)25-23(30)24-17-5-3-4-15(11-17)16-7-8-18-20(12-16)26-27-21(18)22(28)29/h3-12H,1-2H3,(H,26,27)(H,28,29)(H2,24,25,30). The van der Waals surface area contributed by atoms with E-state index in [-0.39, 0.29) is 11.7 Å². The number of nitrogens with zero attached hydrogens (tertiary/aromatic N) is 1. The van der Waals surface area contributed by atoms with Gasteiger partial charge in [-0.15, -0.1) is 0 Å². The highest BCUT2D eigenvalue weighted by atomic mass is 16.4. The van der Waals surface area contributed by atoms with E-state index in [1.54, 1.807) is 6.07 Å². The lowest BCUT2D eigenvalue weighted by Gasteiger charge is -2.11. The number of anilines is 2. The van der Waals surface area contributed by atoms with Gasteiger partial charge >= 0.3 is 12.0 Å². The third-order valence-corrected chi connectivity index (χ3v) is 4.85. The predicted molar refractivity (Wildman–Crippen MR) is 117 cm³/mol. The van der Waals surface area contributed by atoms with E-state index in [0.29, 0.717) is 16.6 Å². The number of urea groups is 1. The van der Waals surface area contributed by atoms with E-state index in [2.05, 4.69) is 20.8 Å². The van der Waals surface area contributed by atoms with Crippen molar-refractivity contribution >= 4 is 34.3 Å². The fraction of sp³-hybridized carbons (Fsp3) is 0.0870. The Hall–Kier alpha value is -4.13. The van der Waals surface area contributed by atoms with Crippen LogP contribution >= 0.6 is 0 Å². The normalized spacial score (nSPS) is 10.7. The Bertz CT molecular complexity index is 1280. The Labute approximate surface area is 172 Å². The van der Waals surface area contributed by atoms with Crippen LogP contribution in [0.15, 0.2) is 60.7 Å². The van der Waals surface area contributed by atoms with Crippen LogP contribution in [0.3, 0.4) is 0 Å². The topological polar surface area (TPSA) is 107 Å². The number of aromatic carboxylic acids is 1. The quantitative estimate of drug-likeness (QED) is 0.378. The van der Waals surface area contributed by atoms with Crippen molar-refractivity contribution in [3.63, 3.8) is 0 Å². The summed E-state index contributed by atoms with van der Waals surface area (Å²) in [6.45, 7) is 3.95. The minimum absolute atomic E-state index is 0.00459. The Morgan fingerprint density at radius 2 is 1.73 bits per heavy atom. The maximum Gasteiger partial charge on any atom is 0.357 e. The molecule has 0 aliphatic rings. The van der Waals surface area contributed by atoms with Crippen molar-refractivity contribution < 1.29 is 14.7 Å². The first-order valence-corrected chi connectivity index (χ1v) is 9.38. The highest BCUT2D eigenvalue weighted by molar-refractivity contribution is 6.02. The monoisotopic (exact) mass is 400 g/mol. The number of amides is 2. The number of aromatic nitrogens is 2. The molecule has 0 atom stereocenters. The molecule has 0 fully saturated rings. The number of carboxylic acid groups (broad SMARTS) is 1. The molecule has 0 aliphatic carbocycles.